The molecule has 1 aliphatic heterocycles. The minimum Gasteiger partial charge on any atom is -0.489 e. The molecule has 1 heterocycles. The van der Waals surface area contributed by atoms with Crippen LogP contribution in [0, 0.1) is 0 Å². The quantitative estimate of drug-likeness (QED) is 0.807. The predicted octanol–water partition coefficient (Wildman–Crippen LogP) is 2.94. The maximum atomic E-state index is 11.6. The standard InChI is InChI=1S/C14H19BrO4S/c1-2-20(16,17)10-11-3-4-14(13(15)9-11)19-12-5-7-18-8-6-12/h3-4,9,12H,2,5-8,10H2,1H3. The van der Waals surface area contributed by atoms with Gasteiger partial charge in [-0.15, -0.1) is 0 Å². The molecule has 0 unspecified atom stereocenters. The highest BCUT2D eigenvalue weighted by molar-refractivity contribution is 9.10. The number of sulfone groups is 1. The molecule has 1 aromatic rings. The second-order valence-corrected chi connectivity index (χ2v) is 8.08. The average molecular weight is 363 g/mol. The molecule has 0 bridgehead atoms. The Kier molecular flexibility index (Phi) is 5.46. The summed E-state index contributed by atoms with van der Waals surface area (Å²) in [6.07, 6.45) is 1.95. The molecule has 0 spiro atoms. The van der Waals surface area contributed by atoms with Crippen molar-refractivity contribution in [3.05, 3.63) is 28.2 Å². The van der Waals surface area contributed by atoms with Gasteiger partial charge in [0.15, 0.2) is 9.84 Å². The molecule has 1 aromatic carbocycles. The summed E-state index contributed by atoms with van der Waals surface area (Å²) in [6, 6.07) is 5.47. The molecule has 2 rings (SSSR count). The number of hydrogen-bond acceptors (Lipinski definition) is 4. The molecular formula is C14H19BrO4S. The number of rotatable bonds is 5. The molecule has 0 aliphatic carbocycles. The Morgan fingerprint density at radius 3 is 2.65 bits per heavy atom. The molecular weight excluding hydrogens is 344 g/mol. The summed E-state index contributed by atoms with van der Waals surface area (Å²) < 4.78 is 35.3. The highest BCUT2D eigenvalue weighted by Gasteiger charge is 2.17. The van der Waals surface area contributed by atoms with Crippen LogP contribution in [0.15, 0.2) is 22.7 Å². The molecule has 20 heavy (non-hydrogen) atoms. The molecule has 0 radical (unpaired) electrons. The Hall–Kier alpha value is -0.590. The second kappa shape index (κ2) is 6.91. The maximum Gasteiger partial charge on any atom is 0.154 e. The van der Waals surface area contributed by atoms with Crippen LogP contribution in [0.4, 0.5) is 0 Å². The van der Waals surface area contributed by atoms with E-state index in [0.717, 1.165) is 41.8 Å². The Morgan fingerprint density at radius 2 is 2.05 bits per heavy atom. The fraction of sp³-hybridized carbons (Fsp3) is 0.571. The summed E-state index contributed by atoms with van der Waals surface area (Å²) in [5, 5.41) is 0. The van der Waals surface area contributed by atoms with Crippen molar-refractivity contribution in [1.82, 2.24) is 0 Å². The lowest BCUT2D eigenvalue weighted by atomic mass is 10.1. The normalized spacial score (nSPS) is 17.1. The molecule has 0 aromatic heterocycles. The van der Waals surface area contributed by atoms with Gasteiger partial charge < -0.3 is 9.47 Å². The molecule has 0 saturated carbocycles. The van der Waals surface area contributed by atoms with E-state index in [4.69, 9.17) is 9.47 Å². The van der Waals surface area contributed by atoms with Crippen LogP contribution in [0.5, 0.6) is 5.75 Å². The summed E-state index contributed by atoms with van der Waals surface area (Å²) in [7, 11) is -3.01. The Morgan fingerprint density at radius 1 is 1.35 bits per heavy atom. The van der Waals surface area contributed by atoms with Gasteiger partial charge in [0.1, 0.15) is 11.9 Å². The molecule has 1 fully saturated rings. The Bertz CT molecular complexity index is 550. The highest BCUT2D eigenvalue weighted by Crippen LogP contribution is 2.29. The predicted molar refractivity (Wildman–Crippen MR) is 81.8 cm³/mol. The zero-order valence-electron chi connectivity index (χ0n) is 11.5. The molecule has 1 saturated heterocycles. The van der Waals surface area contributed by atoms with Crippen LogP contribution in [-0.2, 0) is 20.3 Å². The van der Waals surface area contributed by atoms with E-state index < -0.39 is 9.84 Å². The molecule has 6 heteroatoms. The van der Waals surface area contributed by atoms with Gasteiger partial charge in [-0.25, -0.2) is 8.42 Å². The van der Waals surface area contributed by atoms with Crippen LogP contribution < -0.4 is 4.74 Å². The van der Waals surface area contributed by atoms with E-state index in [-0.39, 0.29) is 17.6 Å². The van der Waals surface area contributed by atoms with Gasteiger partial charge in [0.25, 0.3) is 0 Å². The van der Waals surface area contributed by atoms with Crippen molar-refractivity contribution >= 4 is 25.8 Å². The summed E-state index contributed by atoms with van der Waals surface area (Å²) in [4.78, 5) is 0. The van der Waals surface area contributed by atoms with Gasteiger partial charge in [-0.3, -0.25) is 0 Å². The SMILES string of the molecule is CCS(=O)(=O)Cc1ccc(OC2CCOCC2)c(Br)c1. The summed E-state index contributed by atoms with van der Waals surface area (Å²) in [5.74, 6) is 0.986. The van der Waals surface area contributed by atoms with Crippen molar-refractivity contribution in [3.63, 3.8) is 0 Å². The maximum absolute atomic E-state index is 11.6. The topological polar surface area (TPSA) is 52.6 Å². The number of benzene rings is 1. The minimum atomic E-state index is -3.01. The van der Waals surface area contributed by atoms with E-state index in [2.05, 4.69) is 15.9 Å². The van der Waals surface area contributed by atoms with Gasteiger partial charge in [0.2, 0.25) is 0 Å². The third kappa shape index (κ3) is 4.46. The first kappa shape index (κ1) is 15.8. The largest absolute Gasteiger partial charge is 0.489 e. The van der Waals surface area contributed by atoms with E-state index >= 15 is 0 Å². The van der Waals surface area contributed by atoms with Crippen LogP contribution in [-0.4, -0.2) is 33.5 Å². The zero-order valence-corrected chi connectivity index (χ0v) is 13.9. The van der Waals surface area contributed by atoms with Crippen molar-refractivity contribution in [2.75, 3.05) is 19.0 Å². The van der Waals surface area contributed by atoms with Gasteiger partial charge in [-0.05, 0) is 33.6 Å². The lowest BCUT2D eigenvalue weighted by Gasteiger charge is -2.24. The molecule has 112 valence electrons. The highest BCUT2D eigenvalue weighted by atomic mass is 79.9. The minimum absolute atomic E-state index is 0.0691. The van der Waals surface area contributed by atoms with Gasteiger partial charge in [-0.2, -0.15) is 0 Å². The van der Waals surface area contributed by atoms with Gasteiger partial charge in [0.05, 0.1) is 23.4 Å². The van der Waals surface area contributed by atoms with Crippen LogP contribution in [0.2, 0.25) is 0 Å². The number of ether oxygens (including phenoxy) is 2. The smallest absolute Gasteiger partial charge is 0.154 e. The first-order valence-corrected chi connectivity index (χ1v) is 9.35. The van der Waals surface area contributed by atoms with Crippen molar-refractivity contribution in [2.24, 2.45) is 0 Å². The molecule has 0 atom stereocenters. The van der Waals surface area contributed by atoms with Crippen LogP contribution in [0.25, 0.3) is 0 Å². The fourth-order valence-electron chi connectivity index (χ4n) is 2.06. The van der Waals surface area contributed by atoms with Crippen LogP contribution in [0.3, 0.4) is 0 Å². The van der Waals surface area contributed by atoms with Crippen molar-refractivity contribution in [1.29, 1.82) is 0 Å². The fourth-order valence-corrected chi connectivity index (χ4v) is 3.47. The van der Waals surface area contributed by atoms with Crippen molar-refractivity contribution in [3.8, 4) is 5.75 Å². The summed E-state index contributed by atoms with van der Waals surface area (Å²) >= 11 is 3.45. The van der Waals surface area contributed by atoms with Gasteiger partial charge in [-0.1, -0.05) is 13.0 Å². The van der Waals surface area contributed by atoms with E-state index in [1.165, 1.54) is 0 Å². The van der Waals surface area contributed by atoms with E-state index in [1.807, 2.05) is 18.2 Å². The third-order valence-electron chi connectivity index (χ3n) is 3.28. The van der Waals surface area contributed by atoms with E-state index in [1.54, 1.807) is 6.92 Å². The van der Waals surface area contributed by atoms with Crippen LogP contribution >= 0.6 is 15.9 Å². The third-order valence-corrected chi connectivity index (χ3v) is 5.56. The lowest BCUT2D eigenvalue weighted by molar-refractivity contribution is 0.0252. The van der Waals surface area contributed by atoms with Crippen LogP contribution in [0.1, 0.15) is 25.3 Å². The Balaban J connectivity index is 2.05. The summed E-state index contributed by atoms with van der Waals surface area (Å²) in [5.41, 5.74) is 0.776. The molecule has 1 aliphatic rings. The zero-order chi connectivity index (χ0) is 14.6. The molecule has 4 nitrogen and oxygen atoms in total. The average Bonchev–Trinajstić information content (AvgIpc) is 2.43. The van der Waals surface area contributed by atoms with Crippen molar-refractivity contribution in [2.45, 2.75) is 31.6 Å². The van der Waals surface area contributed by atoms with E-state index in [9.17, 15) is 8.42 Å². The van der Waals surface area contributed by atoms with E-state index in [0.29, 0.717) is 0 Å². The second-order valence-electron chi connectivity index (χ2n) is 4.87. The molecule has 0 N–H and O–H groups in total. The first-order valence-electron chi connectivity index (χ1n) is 6.73. The number of hydrogen-bond donors (Lipinski definition) is 0. The van der Waals surface area contributed by atoms with Crippen molar-refractivity contribution < 1.29 is 17.9 Å². The first-order chi connectivity index (χ1) is 9.50. The lowest BCUT2D eigenvalue weighted by Crippen LogP contribution is -2.26. The monoisotopic (exact) mass is 362 g/mol. The molecule has 0 amide bonds. The Labute approximate surface area is 128 Å². The summed E-state index contributed by atoms with van der Waals surface area (Å²) in [6.45, 7) is 3.12. The van der Waals surface area contributed by atoms with Gasteiger partial charge >= 0.3 is 0 Å². The van der Waals surface area contributed by atoms with Gasteiger partial charge in [0, 0.05) is 18.6 Å². The number of halogens is 1.